The molecule has 0 atom stereocenters. The molecular weight excluding hydrogens is 244 g/mol. The van der Waals surface area contributed by atoms with E-state index in [-0.39, 0.29) is 12.0 Å². The maximum absolute atomic E-state index is 12.1. The zero-order chi connectivity index (χ0) is 14.0. The lowest BCUT2D eigenvalue weighted by Gasteiger charge is -2.13. The summed E-state index contributed by atoms with van der Waals surface area (Å²) in [6.07, 6.45) is 1.84. The second-order valence-electron chi connectivity index (χ2n) is 4.34. The SMILES string of the molecule is Cc1nc2cnc(N(C)C)nc2n(CCC#N)c1=O. The molecule has 0 unspecified atom stereocenters. The van der Waals surface area contributed by atoms with Crippen LogP contribution < -0.4 is 10.5 Å². The predicted octanol–water partition coefficient (Wildman–Crippen LogP) is 0.475. The molecule has 2 aromatic heterocycles. The summed E-state index contributed by atoms with van der Waals surface area (Å²) in [6, 6.07) is 2.03. The van der Waals surface area contributed by atoms with Gasteiger partial charge in [0.2, 0.25) is 5.95 Å². The first-order chi connectivity index (χ1) is 9.04. The number of fused-ring (bicyclic) bond motifs is 1. The summed E-state index contributed by atoms with van der Waals surface area (Å²) in [5.41, 5.74) is 1.18. The highest BCUT2D eigenvalue weighted by molar-refractivity contribution is 5.70. The number of nitrogens with zero attached hydrogens (tertiary/aromatic N) is 6. The summed E-state index contributed by atoms with van der Waals surface area (Å²) in [5.74, 6) is 0.503. The van der Waals surface area contributed by atoms with Gasteiger partial charge >= 0.3 is 0 Å². The Morgan fingerprint density at radius 2 is 2.16 bits per heavy atom. The zero-order valence-electron chi connectivity index (χ0n) is 11.1. The number of aromatic nitrogens is 4. The van der Waals surface area contributed by atoms with Crippen molar-refractivity contribution in [3.63, 3.8) is 0 Å². The molecule has 0 saturated carbocycles. The van der Waals surface area contributed by atoms with Crippen molar-refractivity contribution in [2.24, 2.45) is 0 Å². The molecule has 0 aliphatic heterocycles. The lowest BCUT2D eigenvalue weighted by atomic mass is 10.4. The largest absolute Gasteiger partial charge is 0.347 e. The summed E-state index contributed by atoms with van der Waals surface area (Å²) >= 11 is 0. The van der Waals surface area contributed by atoms with E-state index in [2.05, 4.69) is 15.0 Å². The molecule has 0 bridgehead atoms. The van der Waals surface area contributed by atoms with Gasteiger partial charge < -0.3 is 4.90 Å². The van der Waals surface area contributed by atoms with E-state index in [1.54, 1.807) is 18.0 Å². The summed E-state index contributed by atoms with van der Waals surface area (Å²) in [6.45, 7) is 1.95. The molecule has 0 aliphatic carbocycles. The number of rotatable bonds is 3. The molecule has 0 N–H and O–H groups in total. The van der Waals surface area contributed by atoms with Crippen molar-refractivity contribution >= 4 is 17.1 Å². The van der Waals surface area contributed by atoms with Crippen molar-refractivity contribution in [3.05, 3.63) is 22.2 Å². The quantitative estimate of drug-likeness (QED) is 0.795. The van der Waals surface area contributed by atoms with Crippen molar-refractivity contribution in [1.82, 2.24) is 19.5 Å². The van der Waals surface area contributed by atoms with Crippen molar-refractivity contribution in [1.29, 1.82) is 5.26 Å². The molecule has 0 radical (unpaired) electrons. The molecule has 0 aliphatic rings. The first-order valence-corrected chi connectivity index (χ1v) is 5.83. The highest BCUT2D eigenvalue weighted by Crippen LogP contribution is 2.11. The van der Waals surface area contributed by atoms with Gasteiger partial charge in [0.05, 0.1) is 18.7 Å². The topological polar surface area (TPSA) is 87.7 Å². The van der Waals surface area contributed by atoms with Crippen LogP contribution in [0.2, 0.25) is 0 Å². The highest BCUT2D eigenvalue weighted by atomic mass is 16.1. The van der Waals surface area contributed by atoms with Crippen molar-refractivity contribution in [2.75, 3.05) is 19.0 Å². The van der Waals surface area contributed by atoms with E-state index in [4.69, 9.17) is 5.26 Å². The Hall–Kier alpha value is -2.49. The van der Waals surface area contributed by atoms with E-state index in [0.29, 0.717) is 29.4 Å². The van der Waals surface area contributed by atoms with Gasteiger partial charge in [0.15, 0.2) is 5.65 Å². The van der Waals surface area contributed by atoms with Crippen LogP contribution >= 0.6 is 0 Å². The molecule has 7 nitrogen and oxygen atoms in total. The van der Waals surface area contributed by atoms with E-state index in [1.165, 1.54) is 4.57 Å². The van der Waals surface area contributed by atoms with Crippen LogP contribution in [0.25, 0.3) is 11.2 Å². The molecule has 2 rings (SSSR count). The lowest BCUT2D eigenvalue weighted by molar-refractivity contribution is 0.693. The van der Waals surface area contributed by atoms with Crippen LogP contribution in [0.5, 0.6) is 0 Å². The third kappa shape index (κ3) is 2.38. The fourth-order valence-corrected chi connectivity index (χ4v) is 1.74. The summed E-state index contributed by atoms with van der Waals surface area (Å²) < 4.78 is 1.48. The minimum Gasteiger partial charge on any atom is -0.347 e. The van der Waals surface area contributed by atoms with E-state index in [0.717, 1.165) is 0 Å². The normalized spacial score (nSPS) is 10.4. The number of hydrogen-bond donors (Lipinski definition) is 0. The van der Waals surface area contributed by atoms with Crippen LogP contribution in [-0.4, -0.2) is 33.6 Å². The molecule has 0 spiro atoms. The van der Waals surface area contributed by atoms with Crippen LogP contribution in [0.1, 0.15) is 12.1 Å². The third-order valence-corrected chi connectivity index (χ3v) is 2.68. The van der Waals surface area contributed by atoms with Crippen molar-refractivity contribution < 1.29 is 0 Å². The second kappa shape index (κ2) is 5.02. The van der Waals surface area contributed by atoms with Gasteiger partial charge in [-0.1, -0.05) is 0 Å². The summed E-state index contributed by atoms with van der Waals surface area (Å²) in [5, 5.41) is 8.68. The average molecular weight is 258 g/mol. The first kappa shape index (κ1) is 13.0. The Bertz CT molecular complexity index is 712. The Morgan fingerprint density at radius 1 is 1.42 bits per heavy atom. The van der Waals surface area contributed by atoms with Crippen LogP contribution in [0.4, 0.5) is 5.95 Å². The molecule has 0 saturated heterocycles. The lowest BCUT2D eigenvalue weighted by Crippen LogP contribution is -2.25. The fourth-order valence-electron chi connectivity index (χ4n) is 1.74. The monoisotopic (exact) mass is 258 g/mol. The fraction of sp³-hybridized carbons (Fsp3) is 0.417. The minimum absolute atomic E-state index is 0.217. The Morgan fingerprint density at radius 3 is 2.79 bits per heavy atom. The Labute approximate surface area is 110 Å². The standard InChI is InChI=1S/C12H14N6O/c1-8-11(19)18(6-4-5-13)10-9(15-8)7-14-12(16-10)17(2)3/h7H,4,6H2,1-3H3. The van der Waals surface area contributed by atoms with Crippen molar-refractivity contribution in [2.45, 2.75) is 19.9 Å². The molecule has 0 amide bonds. The van der Waals surface area contributed by atoms with Gasteiger partial charge in [-0.3, -0.25) is 9.36 Å². The summed E-state index contributed by atoms with van der Waals surface area (Å²) in [7, 11) is 3.64. The number of nitriles is 1. The Balaban J connectivity index is 2.73. The number of aryl methyl sites for hydroxylation is 2. The second-order valence-corrected chi connectivity index (χ2v) is 4.34. The number of anilines is 1. The number of hydrogen-bond acceptors (Lipinski definition) is 6. The predicted molar refractivity (Wildman–Crippen MR) is 70.9 cm³/mol. The van der Waals surface area contributed by atoms with Crippen LogP contribution in [-0.2, 0) is 6.54 Å². The van der Waals surface area contributed by atoms with Crippen LogP contribution in [0.3, 0.4) is 0 Å². The zero-order valence-corrected chi connectivity index (χ0v) is 11.1. The van der Waals surface area contributed by atoms with Gasteiger partial charge in [-0.2, -0.15) is 10.2 Å². The molecular formula is C12H14N6O. The average Bonchev–Trinajstić information content (AvgIpc) is 2.39. The van der Waals surface area contributed by atoms with Crippen molar-refractivity contribution in [3.8, 4) is 6.07 Å². The van der Waals surface area contributed by atoms with Gasteiger partial charge in [0.1, 0.15) is 11.2 Å². The summed E-state index contributed by atoms with van der Waals surface area (Å²) in [4.78, 5) is 26.5. The van der Waals surface area contributed by atoms with Gasteiger partial charge in [0, 0.05) is 20.6 Å². The molecule has 19 heavy (non-hydrogen) atoms. The molecule has 2 heterocycles. The van der Waals surface area contributed by atoms with E-state index < -0.39 is 0 Å². The third-order valence-electron chi connectivity index (χ3n) is 2.68. The molecule has 0 fully saturated rings. The van der Waals surface area contributed by atoms with Gasteiger partial charge in [-0.25, -0.2) is 9.97 Å². The highest BCUT2D eigenvalue weighted by Gasteiger charge is 2.11. The first-order valence-electron chi connectivity index (χ1n) is 5.83. The maximum atomic E-state index is 12.1. The van der Waals surface area contributed by atoms with Gasteiger partial charge in [0.25, 0.3) is 5.56 Å². The Kier molecular flexibility index (Phi) is 3.42. The molecule has 7 heteroatoms. The smallest absolute Gasteiger partial charge is 0.273 e. The van der Waals surface area contributed by atoms with Gasteiger partial charge in [-0.15, -0.1) is 0 Å². The van der Waals surface area contributed by atoms with E-state index in [1.807, 2.05) is 20.2 Å². The van der Waals surface area contributed by atoms with Crippen LogP contribution in [0, 0.1) is 18.3 Å². The van der Waals surface area contributed by atoms with Gasteiger partial charge in [-0.05, 0) is 6.92 Å². The minimum atomic E-state index is -0.217. The molecule has 0 aromatic carbocycles. The van der Waals surface area contributed by atoms with Crippen LogP contribution in [0.15, 0.2) is 11.0 Å². The molecule has 2 aromatic rings. The van der Waals surface area contributed by atoms with E-state index >= 15 is 0 Å². The maximum Gasteiger partial charge on any atom is 0.273 e. The van der Waals surface area contributed by atoms with E-state index in [9.17, 15) is 4.79 Å². The molecule has 98 valence electrons.